The van der Waals surface area contributed by atoms with Crippen molar-refractivity contribution in [2.75, 3.05) is 20.1 Å². The molecule has 2 fully saturated rings. The molecule has 0 spiro atoms. The molecule has 7 heteroatoms. The van der Waals surface area contributed by atoms with Crippen LogP contribution in [0.15, 0.2) is 0 Å². The molecular formula is C13H24N2O4S. The fourth-order valence-electron chi connectivity index (χ4n) is 3.17. The predicted molar refractivity (Wildman–Crippen MR) is 75.5 cm³/mol. The van der Waals surface area contributed by atoms with Crippen LogP contribution >= 0.6 is 0 Å². The number of carbonyl (C=O) groups is 1. The van der Waals surface area contributed by atoms with E-state index in [1.807, 2.05) is 0 Å². The van der Waals surface area contributed by atoms with Crippen LogP contribution in [0.25, 0.3) is 0 Å². The van der Waals surface area contributed by atoms with Gasteiger partial charge in [0.1, 0.15) is 0 Å². The third-order valence-corrected chi connectivity index (χ3v) is 6.52. The van der Waals surface area contributed by atoms with Crippen molar-refractivity contribution in [3.8, 4) is 0 Å². The molecule has 0 aromatic carbocycles. The minimum absolute atomic E-state index is 0.0685. The van der Waals surface area contributed by atoms with Crippen LogP contribution in [0.2, 0.25) is 0 Å². The molecule has 2 rings (SSSR count). The SMILES string of the molecule is CN(C1CCCCC1)S(=O)(=O)N1CCC[C@H](C(=O)O)C1. The molecule has 1 aliphatic carbocycles. The predicted octanol–water partition coefficient (Wildman–Crippen LogP) is 1.29. The third-order valence-electron chi connectivity index (χ3n) is 4.51. The first-order chi connectivity index (χ1) is 9.43. The van der Waals surface area contributed by atoms with Crippen LogP contribution < -0.4 is 0 Å². The van der Waals surface area contributed by atoms with E-state index in [0.717, 1.165) is 25.7 Å². The number of hydrogen-bond donors (Lipinski definition) is 1. The van der Waals surface area contributed by atoms with Crippen molar-refractivity contribution in [3.63, 3.8) is 0 Å². The first-order valence-corrected chi connectivity index (χ1v) is 8.78. The smallest absolute Gasteiger partial charge is 0.307 e. The Kier molecular flexibility index (Phi) is 5.04. The minimum Gasteiger partial charge on any atom is -0.481 e. The average Bonchev–Trinajstić information content (AvgIpc) is 2.47. The van der Waals surface area contributed by atoms with Crippen molar-refractivity contribution in [1.82, 2.24) is 8.61 Å². The van der Waals surface area contributed by atoms with Gasteiger partial charge in [0.2, 0.25) is 0 Å². The summed E-state index contributed by atoms with van der Waals surface area (Å²) in [5, 5.41) is 9.07. The Morgan fingerprint density at radius 3 is 2.40 bits per heavy atom. The summed E-state index contributed by atoms with van der Waals surface area (Å²) in [6.07, 6.45) is 6.32. The lowest BCUT2D eigenvalue weighted by molar-refractivity contribution is -0.142. The molecule has 0 radical (unpaired) electrons. The van der Waals surface area contributed by atoms with E-state index in [1.54, 1.807) is 7.05 Å². The first-order valence-electron chi connectivity index (χ1n) is 7.39. The Hall–Kier alpha value is -0.660. The first kappa shape index (κ1) is 15.7. The Labute approximate surface area is 120 Å². The quantitative estimate of drug-likeness (QED) is 0.849. The summed E-state index contributed by atoms with van der Waals surface area (Å²) in [4.78, 5) is 11.1. The second kappa shape index (κ2) is 6.41. The molecule has 1 saturated carbocycles. The molecular weight excluding hydrogens is 280 g/mol. The van der Waals surface area contributed by atoms with Crippen molar-refractivity contribution in [2.45, 2.75) is 51.0 Å². The zero-order chi connectivity index (χ0) is 14.8. The summed E-state index contributed by atoms with van der Waals surface area (Å²) in [6, 6.07) is 0.0685. The van der Waals surface area contributed by atoms with Crippen LogP contribution in [0.5, 0.6) is 0 Å². The molecule has 2 aliphatic rings. The van der Waals surface area contributed by atoms with Crippen molar-refractivity contribution < 1.29 is 18.3 Å². The second-order valence-corrected chi connectivity index (χ2v) is 7.84. The van der Waals surface area contributed by atoms with E-state index in [0.29, 0.717) is 19.4 Å². The highest BCUT2D eigenvalue weighted by Gasteiger charge is 2.37. The van der Waals surface area contributed by atoms with Gasteiger partial charge in [-0.05, 0) is 25.7 Å². The number of carboxylic acids is 1. The van der Waals surface area contributed by atoms with E-state index in [1.165, 1.54) is 15.0 Å². The molecule has 1 atom stereocenters. The van der Waals surface area contributed by atoms with E-state index in [4.69, 9.17) is 5.11 Å². The van der Waals surface area contributed by atoms with Gasteiger partial charge in [-0.3, -0.25) is 4.79 Å². The highest BCUT2D eigenvalue weighted by atomic mass is 32.2. The molecule has 6 nitrogen and oxygen atoms in total. The van der Waals surface area contributed by atoms with E-state index < -0.39 is 22.1 Å². The van der Waals surface area contributed by atoms with Crippen LogP contribution in [0.3, 0.4) is 0 Å². The van der Waals surface area contributed by atoms with Gasteiger partial charge in [0.05, 0.1) is 5.92 Å². The second-order valence-electron chi connectivity index (χ2n) is 5.85. The van der Waals surface area contributed by atoms with Crippen LogP contribution in [0.4, 0.5) is 0 Å². The maximum absolute atomic E-state index is 12.6. The van der Waals surface area contributed by atoms with Gasteiger partial charge in [-0.2, -0.15) is 17.0 Å². The van der Waals surface area contributed by atoms with Gasteiger partial charge in [0.25, 0.3) is 10.2 Å². The van der Waals surface area contributed by atoms with Crippen LogP contribution in [-0.2, 0) is 15.0 Å². The van der Waals surface area contributed by atoms with Gasteiger partial charge >= 0.3 is 5.97 Å². The van der Waals surface area contributed by atoms with Gasteiger partial charge < -0.3 is 5.11 Å². The molecule has 0 bridgehead atoms. The molecule has 1 heterocycles. The summed E-state index contributed by atoms with van der Waals surface area (Å²) in [5.74, 6) is -1.47. The molecule has 1 N–H and O–H groups in total. The van der Waals surface area contributed by atoms with Gasteiger partial charge in [0, 0.05) is 26.2 Å². The highest BCUT2D eigenvalue weighted by molar-refractivity contribution is 7.86. The zero-order valence-corrected chi connectivity index (χ0v) is 12.8. The van der Waals surface area contributed by atoms with E-state index in [-0.39, 0.29) is 12.6 Å². The summed E-state index contributed by atoms with van der Waals surface area (Å²) in [5.41, 5.74) is 0. The summed E-state index contributed by atoms with van der Waals surface area (Å²) in [6.45, 7) is 0.540. The molecule has 0 aromatic rings. The lowest BCUT2D eigenvalue weighted by Gasteiger charge is -2.37. The largest absolute Gasteiger partial charge is 0.481 e. The summed E-state index contributed by atoms with van der Waals surface area (Å²) < 4.78 is 28.0. The molecule has 0 unspecified atom stereocenters. The van der Waals surface area contributed by atoms with Gasteiger partial charge in [-0.25, -0.2) is 0 Å². The molecule has 20 heavy (non-hydrogen) atoms. The molecule has 1 saturated heterocycles. The molecule has 1 aliphatic heterocycles. The van der Waals surface area contributed by atoms with Crippen molar-refractivity contribution in [1.29, 1.82) is 0 Å². The van der Waals surface area contributed by atoms with Crippen LogP contribution in [-0.4, -0.2) is 54.3 Å². The maximum atomic E-state index is 12.6. The van der Waals surface area contributed by atoms with Crippen LogP contribution in [0.1, 0.15) is 44.9 Å². The number of carboxylic acid groups (broad SMARTS) is 1. The fourth-order valence-corrected chi connectivity index (χ4v) is 4.85. The Morgan fingerprint density at radius 2 is 1.80 bits per heavy atom. The minimum atomic E-state index is -3.52. The van der Waals surface area contributed by atoms with Gasteiger partial charge in [-0.15, -0.1) is 0 Å². The van der Waals surface area contributed by atoms with Crippen molar-refractivity contribution >= 4 is 16.2 Å². The van der Waals surface area contributed by atoms with E-state index >= 15 is 0 Å². The molecule has 0 aromatic heterocycles. The average molecular weight is 304 g/mol. The van der Waals surface area contributed by atoms with Gasteiger partial charge in [0.15, 0.2) is 0 Å². The molecule has 0 amide bonds. The Balaban J connectivity index is 2.06. The third kappa shape index (κ3) is 3.32. The number of rotatable bonds is 4. The highest BCUT2D eigenvalue weighted by Crippen LogP contribution is 2.27. The topological polar surface area (TPSA) is 77.9 Å². The van der Waals surface area contributed by atoms with E-state index in [2.05, 4.69) is 0 Å². The van der Waals surface area contributed by atoms with Crippen LogP contribution in [0, 0.1) is 5.92 Å². The maximum Gasteiger partial charge on any atom is 0.307 e. The normalized spacial score (nSPS) is 26.8. The standard InChI is InChI=1S/C13H24N2O4S/c1-14(12-7-3-2-4-8-12)20(18,19)15-9-5-6-11(10-15)13(16)17/h11-12H,2-10H2,1H3,(H,16,17)/t11-/m0/s1. The number of hydrogen-bond acceptors (Lipinski definition) is 3. The summed E-state index contributed by atoms with van der Waals surface area (Å²) in [7, 11) is -1.89. The monoisotopic (exact) mass is 304 g/mol. The van der Waals surface area contributed by atoms with Crippen molar-refractivity contribution in [2.24, 2.45) is 5.92 Å². The van der Waals surface area contributed by atoms with Gasteiger partial charge in [-0.1, -0.05) is 19.3 Å². The number of nitrogens with zero attached hydrogens (tertiary/aromatic N) is 2. The summed E-state index contributed by atoms with van der Waals surface area (Å²) >= 11 is 0. The van der Waals surface area contributed by atoms with E-state index in [9.17, 15) is 13.2 Å². The lowest BCUT2D eigenvalue weighted by atomic mass is 9.96. The fraction of sp³-hybridized carbons (Fsp3) is 0.923. The number of aliphatic carboxylic acids is 1. The number of piperidine rings is 1. The Bertz CT molecular complexity index is 445. The van der Waals surface area contributed by atoms with Crippen molar-refractivity contribution in [3.05, 3.63) is 0 Å². The molecule has 116 valence electrons. The Morgan fingerprint density at radius 1 is 1.15 bits per heavy atom. The lowest BCUT2D eigenvalue weighted by Crippen LogP contribution is -2.51. The zero-order valence-electron chi connectivity index (χ0n) is 12.0.